The second kappa shape index (κ2) is 6.92. The number of benzene rings is 2. The van der Waals surface area contributed by atoms with Crippen LogP contribution in [0.25, 0.3) is 11.5 Å². The zero-order valence-corrected chi connectivity index (χ0v) is 15.3. The maximum Gasteiger partial charge on any atom is 0.262 e. The van der Waals surface area contributed by atoms with Crippen LogP contribution in [0.2, 0.25) is 0 Å². The number of hydrogen-bond acceptors (Lipinski definition) is 7. The number of rotatable bonds is 4. The smallest absolute Gasteiger partial charge is 0.262 e. The lowest BCUT2D eigenvalue weighted by Gasteiger charge is -2.13. The van der Waals surface area contributed by atoms with Gasteiger partial charge in [-0.25, -0.2) is 8.42 Å². The molecule has 3 aromatic rings. The molecule has 0 radical (unpaired) electrons. The Labute approximate surface area is 156 Å². The van der Waals surface area contributed by atoms with Crippen LogP contribution in [-0.4, -0.2) is 31.8 Å². The fraction of sp³-hybridized carbons (Fsp3) is 0.222. The summed E-state index contributed by atoms with van der Waals surface area (Å²) in [7, 11) is -3.86. The molecule has 9 heteroatoms. The van der Waals surface area contributed by atoms with Gasteiger partial charge in [0.2, 0.25) is 0 Å². The molecule has 2 aromatic carbocycles. The molecule has 0 aliphatic carbocycles. The molecule has 4 rings (SSSR count). The number of hydrogen-bond donors (Lipinski definition) is 1. The van der Waals surface area contributed by atoms with Crippen LogP contribution in [0.5, 0.6) is 11.5 Å². The van der Waals surface area contributed by atoms with Crippen LogP contribution in [0.15, 0.2) is 51.9 Å². The molecule has 0 bridgehead atoms. The van der Waals surface area contributed by atoms with Crippen LogP contribution < -0.4 is 14.2 Å². The third-order valence-corrected chi connectivity index (χ3v) is 5.32. The Kier molecular flexibility index (Phi) is 4.44. The quantitative estimate of drug-likeness (QED) is 0.734. The van der Waals surface area contributed by atoms with Crippen molar-refractivity contribution in [1.82, 2.24) is 10.1 Å². The van der Waals surface area contributed by atoms with Crippen molar-refractivity contribution < 1.29 is 22.4 Å². The van der Waals surface area contributed by atoms with Gasteiger partial charge in [0.1, 0.15) is 0 Å². The summed E-state index contributed by atoms with van der Waals surface area (Å²) < 4.78 is 44.6. The topological polar surface area (TPSA) is 104 Å². The van der Waals surface area contributed by atoms with Crippen LogP contribution in [-0.2, 0) is 10.0 Å². The van der Waals surface area contributed by atoms with Crippen molar-refractivity contribution in [3.05, 3.63) is 48.3 Å². The first-order chi connectivity index (χ1) is 13.0. The van der Waals surface area contributed by atoms with E-state index >= 15 is 0 Å². The molecule has 2 heterocycles. The predicted octanol–water partition coefficient (Wildman–Crippen LogP) is 3.01. The Morgan fingerprint density at radius 1 is 1.04 bits per heavy atom. The molecule has 0 saturated heterocycles. The van der Waals surface area contributed by atoms with Crippen LogP contribution in [0.4, 0.5) is 5.69 Å². The minimum Gasteiger partial charge on any atom is -0.490 e. The Morgan fingerprint density at radius 2 is 1.81 bits per heavy atom. The van der Waals surface area contributed by atoms with Crippen molar-refractivity contribution in [3.8, 4) is 23.0 Å². The maximum atomic E-state index is 12.9. The van der Waals surface area contributed by atoms with Crippen molar-refractivity contribution in [2.24, 2.45) is 0 Å². The second-order valence-corrected chi connectivity index (χ2v) is 7.64. The number of aromatic nitrogens is 2. The van der Waals surface area contributed by atoms with Gasteiger partial charge < -0.3 is 14.0 Å². The Bertz CT molecular complexity index is 1080. The predicted molar refractivity (Wildman–Crippen MR) is 97.3 cm³/mol. The highest BCUT2D eigenvalue weighted by Crippen LogP contribution is 2.33. The van der Waals surface area contributed by atoms with Gasteiger partial charge in [0.05, 0.1) is 29.4 Å². The van der Waals surface area contributed by atoms with Gasteiger partial charge in [-0.2, -0.15) is 4.98 Å². The highest BCUT2D eigenvalue weighted by molar-refractivity contribution is 7.92. The van der Waals surface area contributed by atoms with E-state index < -0.39 is 10.0 Å². The normalized spacial score (nSPS) is 13.8. The number of sulfonamides is 1. The molecule has 0 atom stereocenters. The first kappa shape index (κ1) is 17.3. The number of nitrogens with zero attached hydrogens (tertiary/aromatic N) is 2. The van der Waals surface area contributed by atoms with E-state index in [1.165, 1.54) is 12.1 Å². The molecule has 140 valence electrons. The van der Waals surface area contributed by atoms with E-state index in [2.05, 4.69) is 14.9 Å². The van der Waals surface area contributed by atoms with Gasteiger partial charge in [-0.3, -0.25) is 4.72 Å². The van der Waals surface area contributed by atoms with Crippen LogP contribution in [0.1, 0.15) is 12.2 Å². The van der Waals surface area contributed by atoms with E-state index in [9.17, 15) is 8.42 Å². The van der Waals surface area contributed by atoms with Crippen molar-refractivity contribution in [2.45, 2.75) is 18.2 Å². The standard InChI is InChI=1S/C18H17N3O5S/c1-12-19-18(26-20-12)14-5-2-3-6-15(14)21-27(22,23)13-7-8-16-17(11-13)25-10-4-9-24-16/h2-3,5-8,11,21H,4,9-10H2,1H3. The van der Waals surface area contributed by atoms with Gasteiger partial charge in [0.25, 0.3) is 15.9 Å². The Morgan fingerprint density at radius 3 is 2.59 bits per heavy atom. The number of aryl methyl sites for hydroxylation is 1. The van der Waals surface area contributed by atoms with E-state index in [0.717, 1.165) is 6.42 Å². The zero-order valence-electron chi connectivity index (χ0n) is 14.5. The number of fused-ring (bicyclic) bond motifs is 1. The number of ether oxygens (including phenoxy) is 2. The summed E-state index contributed by atoms with van der Waals surface area (Å²) in [6.07, 6.45) is 0.742. The monoisotopic (exact) mass is 387 g/mol. The van der Waals surface area contributed by atoms with Crippen LogP contribution in [0.3, 0.4) is 0 Å². The number of para-hydroxylation sites is 1. The lowest BCUT2D eigenvalue weighted by Crippen LogP contribution is -2.14. The van der Waals surface area contributed by atoms with E-state index in [1.807, 2.05) is 0 Å². The van der Waals surface area contributed by atoms with Gasteiger partial charge in [0, 0.05) is 12.5 Å². The molecule has 8 nitrogen and oxygen atoms in total. The summed E-state index contributed by atoms with van der Waals surface area (Å²) in [6, 6.07) is 11.4. The highest BCUT2D eigenvalue weighted by Gasteiger charge is 2.21. The SMILES string of the molecule is Cc1noc(-c2ccccc2NS(=O)(=O)c2ccc3c(c2)OCCCO3)n1. The lowest BCUT2D eigenvalue weighted by atomic mass is 10.2. The van der Waals surface area contributed by atoms with Crippen molar-refractivity contribution in [3.63, 3.8) is 0 Å². The second-order valence-electron chi connectivity index (χ2n) is 5.96. The fourth-order valence-corrected chi connectivity index (χ4v) is 3.77. The molecule has 27 heavy (non-hydrogen) atoms. The summed E-state index contributed by atoms with van der Waals surface area (Å²) in [6.45, 7) is 2.70. The van der Waals surface area contributed by atoms with Gasteiger partial charge in [-0.1, -0.05) is 17.3 Å². The first-order valence-electron chi connectivity index (χ1n) is 8.35. The van der Waals surface area contributed by atoms with Crippen molar-refractivity contribution >= 4 is 15.7 Å². The van der Waals surface area contributed by atoms with E-state index in [0.29, 0.717) is 41.8 Å². The van der Waals surface area contributed by atoms with E-state index in [-0.39, 0.29) is 10.8 Å². The summed E-state index contributed by atoms with van der Waals surface area (Å²) in [5, 5.41) is 3.75. The number of nitrogens with one attached hydrogen (secondary N) is 1. The Hall–Kier alpha value is -3.07. The van der Waals surface area contributed by atoms with E-state index in [1.54, 1.807) is 37.3 Å². The van der Waals surface area contributed by atoms with Crippen LogP contribution in [0, 0.1) is 6.92 Å². The molecule has 1 N–H and O–H groups in total. The molecule has 0 saturated carbocycles. The summed E-state index contributed by atoms with van der Waals surface area (Å²) in [5.41, 5.74) is 0.837. The Balaban J connectivity index is 1.68. The van der Waals surface area contributed by atoms with Gasteiger partial charge in [-0.05, 0) is 31.2 Å². The molecule has 0 amide bonds. The van der Waals surface area contributed by atoms with E-state index in [4.69, 9.17) is 14.0 Å². The summed E-state index contributed by atoms with van der Waals surface area (Å²) in [5.74, 6) is 1.65. The molecule has 0 fully saturated rings. The molecule has 0 spiro atoms. The van der Waals surface area contributed by atoms with Gasteiger partial charge in [0.15, 0.2) is 17.3 Å². The zero-order chi connectivity index (χ0) is 18.9. The first-order valence-corrected chi connectivity index (χ1v) is 9.83. The molecule has 1 aromatic heterocycles. The molecular formula is C18H17N3O5S. The minimum absolute atomic E-state index is 0.0725. The number of anilines is 1. The van der Waals surface area contributed by atoms with Crippen molar-refractivity contribution in [2.75, 3.05) is 17.9 Å². The third kappa shape index (κ3) is 3.59. The lowest BCUT2D eigenvalue weighted by molar-refractivity contribution is 0.297. The van der Waals surface area contributed by atoms with Gasteiger partial charge >= 0.3 is 0 Å². The third-order valence-electron chi connectivity index (χ3n) is 3.96. The largest absolute Gasteiger partial charge is 0.490 e. The summed E-state index contributed by atoms with van der Waals surface area (Å²) >= 11 is 0. The van der Waals surface area contributed by atoms with Crippen molar-refractivity contribution in [1.29, 1.82) is 0 Å². The van der Waals surface area contributed by atoms with Gasteiger partial charge in [-0.15, -0.1) is 0 Å². The molecule has 0 unspecified atom stereocenters. The molecule has 1 aliphatic rings. The maximum absolute atomic E-state index is 12.9. The molecular weight excluding hydrogens is 370 g/mol. The summed E-state index contributed by atoms with van der Waals surface area (Å²) in [4.78, 5) is 4.24. The minimum atomic E-state index is -3.86. The average molecular weight is 387 g/mol. The highest BCUT2D eigenvalue weighted by atomic mass is 32.2. The fourth-order valence-electron chi connectivity index (χ4n) is 2.68. The van der Waals surface area contributed by atoms with Crippen LogP contribution >= 0.6 is 0 Å². The average Bonchev–Trinajstić information content (AvgIpc) is 2.94. The molecule has 1 aliphatic heterocycles.